The van der Waals surface area contributed by atoms with Crippen LogP contribution in [0.1, 0.15) is 11.4 Å². The Kier molecular flexibility index (Phi) is 6.66. The smallest absolute Gasteiger partial charge is 0.230 e. The zero-order chi connectivity index (χ0) is 25.1. The lowest BCUT2D eigenvalue weighted by Crippen LogP contribution is -2.49. The second kappa shape index (κ2) is 10.2. The first-order chi connectivity index (χ1) is 17.5. The number of hydrogen-bond acceptors (Lipinski definition) is 5. The Morgan fingerprint density at radius 2 is 1.81 bits per heavy atom. The highest BCUT2D eigenvalue weighted by atomic mass is 19.1. The lowest BCUT2D eigenvalue weighted by Gasteiger charge is -2.35. The number of halogens is 1. The number of carbonyl (C=O) groups excluding carboxylic acids is 1. The highest BCUT2D eigenvalue weighted by molar-refractivity contribution is 5.79. The molecule has 0 atom stereocenters. The predicted molar refractivity (Wildman–Crippen MR) is 137 cm³/mol. The molecule has 4 aromatic rings. The van der Waals surface area contributed by atoms with Crippen molar-refractivity contribution in [2.75, 3.05) is 38.2 Å². The molecule has 0 spiro atoms. The Hall–Kier alpha value is -4.20. The Balaban J connectivity index is 1.34. The number of anilines is 1. The van der Waals surface area contributed by atoms with Gasteiger partial charge in [-0.05, 0) is 48.9 Å². The second-order valence-electron chi connectivity index (χ2n) is 8.81. The number of ether oxygens (including phenoxy) is 1. The summed E-state index contributed by atoms with van der Waals surface area (Å²) >= 11 is 0. The number of methoxy groups -OCH3 is 1. The molecule has 2 aromatic heterocycles. The van der Waals surface area contributed by atoms with Gasteiger partial charge in [0.05, 0.1) is 19.2 Å². The molecule has 0 aliphatic carbocycles. The molecule has 5 rings (SSSR count). The van der Waals surface area contributed by atoms with Crippen LogP contribution in [0.3, 0.4) is 0 Å². The average Bonchev–Trinajstić information content (AvgIpc) is 3.34. The monoisotopic (exact) mass is 485 g/mol. The van der Waals surface area contributed by atoms with Crippen molar-refractivity contribution in [3.63, 3.8) is 0 Å². The van der Waals surface area contributed by atoms with Crippen molar-refractivity contribution < 1.29 is 13.9 Å². The van der Waals surface area contributed by atoms with Crippen molar-refractivity contribution >= 4 is 11.7 Å². The zero-order valence-corrected chi connectivity index (χ0v) is 20.4. The molecule has 1 fully saturated rings. The van der Waals surface area contributed by atoms with Gasteiger partial charge in [-0.1, -0.05) is 18.2 Å². The van der Waals surface area contributed by atoms with E-state index in [9.17, 15) is 9.18 Å². The van der Waals surface area contributed by atoms with Gasteiger partial charge in [-0.2, -0.15) is 0 Å². The number of nitrogens with zero attached hydrogens (tertiary/aromatic N) is 5. The Bertz CT molecular complexity index is 1360. The van der Waals surface area contributed by atoms with Crippen LogP contribution in [0.4, 0.5) is 10.2 Å². The van der Waals surface area contributed by atoms with E-state index in [0.717, 1.165) is 22.8 Å². The van der Waals surface area contributed by atoms with E-state index >= 15 is 0 Å². The fraction of sp³-hybridized carbons (Fsp3) is 0.250. The maximum absolute atomic E-state index is 13.8. The fourth-order valence-corrected chi connectivity index (χ4v) is 4.43. The molecular weight excluding hydrogens is 457 g/mol. The van der Waals surface area contributed by atoms with Crippen LogP contribution in [0.25, 0.3) is 16.9 Å². The first kappa shape index (κ1) is 23.5. The molecule has 0 unspecified atom stereocenters. The number of para-hydroxylation sites is 1. The van der Waals surface area contributed by atoms with Crippen molar-refractivity contribution in [2.45, 2.75) is 13.3 Å². The largest absolute Gasteiger partial charge is 0.497 e. The van der Waals surface area contributed by atoms with E-state index in [1.165, 1.54) is 6.07 Å². The van der Waals surface area contributed by atoms with Crippen LogP contribution in [0.2, 0.25) is 0 Å². The first-order valence-corrected chi connectivity index (χ1v) is 11.9. The minimum absolute atomic E-state index is 0.0258. The van der Waals surface area contributed by atoms with Crippen molar-refractivity contribution in [3.05, 3.63) is 90.3 Å². The van der Waals surface area contributed by atoms with Gasteiger partial charge >= 0.3 is 0 Å². The summed E-state index contributed by atoms with van der Waals surface area (Å²) in [5.74, 6) is 2.04. The molecule has 0 N–H and O–H groups in total. The third-order valence-electron chi connectivity index (χ3n) is 6.49. The molecule has 1 saturated heterocycles. The fourth-order valence-electron chi connectivity index (χ4n) is 4.43. The van der Waals surface area contributed by atoms with Gasteiger partial charge in [-0.25, -0.2) is 14.4 Å². The number of imidazole rings is 1. The number of rotatable bonds is 6. The van der Waals surface area contributed by atoms with Crippen molar-refractivity contribution in [1.29, 1.82) is 0 Å². The molecule has 1 amide bonds. The van der Waals surface area contributed by atoms with Crippen LogP contribution in [0.15, 0.2) is 73.1 Å². The molecule has 0 bridgehead atoms. The van der Waals surface area contributed by atoms with E-state index in [2.05, 4.69) is 9.88 Å². The molecular formula is C28H28FN5O2. The number of hydrogen-bond donors (Lipinski definition) is 0. The van der Waals surface area contributed by atoms with Gasteiger partial charge in [0.2, 0.25) is 5.91 Å². The summed E-state index contributed by atoms with van der Waals surface area (Å²) in [7, 11) is 1.64. The number of piperazine rings is 1. The molecule has 0 saturated carbocycles. The highest BCUT2D eigenvalue weighted by Gasteiger charge is 2.24. The molecule has 36 heavy (non-hydrogen) atoms. The Morgan fingerprint density at radius 3 is 2.53 bits per heavy atom. The van der Waals surface area contributed by atoms with Gasteiger partial charge in [0, 0.05) is 55.9 Å². The van der Waals surface area contributed by atoms with Gasteiger partial charge < -0.3 is 19.1 Å². The van der Waals surface area contributed by atoms with Gasteiger partial charge in [-0.3, -0.25) is 4.79 Å². The average molecular weight is 486 g/mol. The lowest BCUT2D eigenvalue weighted by atomic mass is 10.1. The zero-order valence-electron chi connectivity index (χ0n) is 20.4. The molecule has 0 radical (unpaired) electrons. The summed E-state index contributed by atoms with van der Waals surface area (Å²) in [4.78, 5) is 26.6. The Morgan fingerprint density at radius 1 is 1.03 bits per heavy atom. The normalized spacial score (nSPS) is 13.6. The maximum Gasteiger partial charge on any atom is 0.230 e. The minimum atomic E-state index is -0.250. The molecule has 1 aliphatic rings. The van der Waals surface area contributed by atoms with Crippen molar-refractivity contribution in [3.8, 4) is 22.7 Å². The lowest BCUT2D eigenvalue weighted by molar-refractivity contribution is -0.130. The standard InChI is InChI=1S/C28H28FN5O2/c1-20-16-21(8-9-24(20)29)25-19-34(22-6-4-3-5-7-22)27(31-25)18-28(35)33-14-12-32(13-15-33)26-17-23(36-2)10-11-30-26/h3-11,16-17,19H,12-15,18H2,1-2H3. The number of aryl methyl sites for hydroxylation is 1. The van der Waals surface area contributed by atoms with Gasteiger partial charge in [0.25, 0.3) is 0 Å². The number of aromatic nitrogens is 3. The van der Waals surface area contributed by atoms with Crippen LogP contribution >= 0.6 is 0 Å². The highest BCUT2D eigenvalue weighted by Crippen LogP contribution is 2.25. The third-order valence-corrected chi connectivity index (χ3v) is 6.49. The predicted octanol–water partition coefficient (Wildman–Crippen LogP) is 4.28. The van der Waals surface area contributed by atoms with Crippen molar-refractivity contribution in [2.24, 2.45) is 0 Å². The molecule has 7 nitrogen and oxygen atoms in total. The Labute approximate surface area is 209 Å². The molecule has 1 aliphatic heterocycles. The molecule has 3 heterocycles. The number of carbonyl (C=O) groups is 1. The number of amides is 1. The molecule has 184 valence electrons. The number of benzene rings is 2. The third kappa shape index (κ3) is 4.93. The quantitative estimate of drug-likeness (QED) is 0.408. The van der Waals surface area contributed by atoms with E-state index in [0.29, 0.717) is 43.3 Å². The molecule has 2 aromatic carbocycles. The maximum atomic E-state index is 13.8. The summed E-state index contributed by atoms with van der Waals surface area (Å²) < 4.78 is 21.1. The SMILES string of the molecule is COc1ccnc(N2CCN(C(=O)Cc3nc(-c4ccc(F)c(C)c4)cn3-c3ccccc3)CC2)c1. The van der Waals surface area contributed by atoms with Gasteiger partial charge in [0.15, 0.2) is 0 Å². The van der Waals surface area contributed by atoms with Gasteiger partial charge in [-0.15, -0.1) is 0 Å². The summed E-state index contributed by atoms with van der Waals surface area (Å²) in [5, 5.41) is 0. The van der Waals surface area contributed by atoms with E-state index in [1.807, 2.05) is 58.1 Å². The van der Waals surface area contributed by atoms with Crippen LogP contribution in [0, 0.1) is 12.7 Å². The summed E-state index contributed by atoms with van der Waals surface area (Å²) in [6.07, 6.45) is 3.82. The summed E-state index contributed by atoms with van der Waals surface area (Å²) in [6, 6.07) is 18.5. The van der Waals surface area contributed by atoms with Gasteiger partial charge in [0.1, 0.15) is 23.2 Å². The number of pyridine rings is 1. The van der Waals surface area contributed by atoms with Crippen LogP contribution in [-0.2, 0) is 11.2 Å². The summed E-state index contributed by atoms with van der Waals surface area (Å²) in [5.41, 5.74) is 3.00. The minimum Gasteiger partial charge on any atom is -0.497 e. The topological polar surface area (TPSA) is 63.5 Å². The van der Waals surface area contributed by atoms with E-state index in [4.69, 9.17) is 9.72 Å². The van der Waals surface area contributed by atoms with E-state index in [1.54, 1.807) is 32.4 Å². The van der Waals surface area contributed by atoms with Crippen LogP contribution < -0.4 is 9.64 Å². The molecule has 8 heteroatoms. The van der Waals surface area contributed by atoms with Crippen molar-refractivity contribution in [1.82, 2.24) is 19.4 Å². The van der Waals surface area contributed by atoms with E-state index in [-0.39, 0.29) is 18.1 Å². The first-order valence-electron chi connectivity index (χ1n) is 11.9. The van der Waals surface area contributed by atoms with Crippen LogP contribution in [-0.4, -0.2) is 58.6 Å². The van der Waals surface area contributed by atoms with Crippen LogP contribution in [0.5, 0.6) is 5.75 Å². The second-order valence-corrected chi connectivity index (χ2v) is 8.81. The summed E-state index contributed by atoms with van der Waals surface area (Å²) in [6.45, 7) is 4.33. The van der Waals surface area contributed by atoms with E-state index < -0.39 is 0 Å².